The molecule has 4 heteroatoms. The Kier molecular flexibility index (Phi) is 4.55. The molecule has 1 N–H and O–H groups in total. The van der Waals surface area contributed by atoms with Crippen LogP contribution in [0.4, 0.5) is 0 Å². The fraction of sp³-hybridized carbons (Fsp3) is 0.588. The minimum Gasteiger partial charge on any atom is -0.320 e. The molecule has 1 amide bonds. The van der Waals surface area contributed by atoms with E-state index >= 15 is 0 Å². The molecule has 0 saturated carbocycles. The molecule has 21 heavy (non-hydrogen) atoms. The Labute approximate surface area is 131 Å². The Morgan fingerprint density at radius 2 is 2.10 bits per heavy atom. The molecule has 0 bridgehead atoms. The number of carbonyl (C=O) groups is 1. The normalized spacial score (nSPS) is 29.6. The van der Waals surface area contributed by atoms with Crippen molar-refractivity contribution in [2.45, 2.75) is 44.1 Å². The van der Waals surface area contributed by atoms with Crippen LogP contribution in [0.2, 0.25) is 0 Å². The van der Waals surface area contributed by atoms with Gasteiger partial charge in [0, 0.05) is 11.8 Å². The maximum absolute atomic E-state index is 12.8. The molecule has 1 aromatic rings. The average Bonchev–Trinajstić information content (AvgIpc) is 3.10. The smallest absolute Gasteiger partial charge is 0.241 e. The van der Waals surface area contributed by atoms with Gasteiger partial charge in [-0.1, -0.05) is 44.2 Å². The summed E-state index contributed by atoms with van der Waals surface area (Å²) in [6.45, 7) is 5.11. The Morgan fingerprint density at radius 3 is 2.71 bits per heavy atom. The van der Waals surface area contributed by atoms with Crippen LogP contribution in [0.15, 0.2) is 30.3 Å². The first-order chi connectivity index (χ1) is 10.2. The van der Waals surface area contributed by atoms with Crippen molar-refractivity contribution >= 4 is 17.7 Å². The fourth-order valence-corrected chi connectivity index (χ4v) is 4.50. The van der Waals surface area contributed by atoms with E-state index < -0.39 is 0 Å². The van der Waals surface area contributed by atoms with Crippen LogP contribution < -0.4 is 5.32 Å². The number of thioether (sulfide) groups is 1. The lowest BCUT2D eigenvalue weighted by Crippen LogP contribution is -2.37. The summed E-state index contributed by atoms with van der Waals surface area (Å²) in [5.41, 5.74) is 1.19. The zero-order valence-corrected chi connectivity index (χ0v) is 13.6. The molecule has 2 fully saturated rings. The van der Waals surface area contributed by atoms with Crippen LogP contribution in [0.3, 0.4) is 0 Å². The summed E-state index contributed by atoms with van der Waals surface area (Å²) in [7, 11) is 0. The number of carbonyl (C=O) groups excluding carboxylic acids is 1. The van der Waals surface area contributed by atoms with E-state index in [1.807, 2.05) is 30.0 Å². The van der Waals surface area contributed by atoms with Crippen molar-refractivity contribution in [3.63, 3.8) is 0 Å². The van der Waals surface area contributed by atoms with Gasteiger partial charge in [-0.2, -0.15) is 11.8 Å². The topological polar surface area (TPSA) is 32.3 Å². The minimum absolute atomic E-state index is 0.0345. The van der Waals surface area contributed by atoms with Gasteiger partial charge in [0.05, 0.1) is 6.04 Å². The first kappa shape index (κ1) is 14.9. The molecule has 2 aliphatic rings. The summed E-state index contributed by atoms with van der Waals surface area (Å²) in [6, 6.07) is 10.3. The molecule has 114 valence electrons. The Bertz CT molecular complexity index is 485. The van der Waals surface area contributed by atoms with Crippen molar-refractivity contribution in [1.29, 1.82) is 0 Å². The van der Waals surface area contributed by atoms with Gasteiger partial charge >= 0.3 is 0 Å². The highest BCUT2D eigenvalue weighted by Gasteiger charge is 2.41. The van der Waals surface area contributed by atoms with Crippen LogP contribution in [0, 0.1) is 5.92 Å². The van der Waals surface area contributed by atoms with Gasteiger partial charge in [0.2, 0.25) is 5.91 Å². The summed E-state index contributed by atoms with van der Waals surface area (Å²) >= 11 is 2.02. The lowest BCUT2D eigenvalue weighted by molar-refractivity contribution is -0.130. The number of nitrogens with one attached hydrogen (secondary N) is 1. The van der Waals surface area contributed by atoms with Gasteiger partial charge in [-0.15, -0.1) is 0 Å². The van der Waals surface area contributed by atoms with Crippen molar-refractivity contribution in [3.8, 4) is 0 Å². The monoisotopic (exact) mass is 304 g/mol. The van der Waals surface area contributed by atoms with Crippen molar-refractivity contribution in [3.05, 3.63) is 35.9 Å². The van der Waals surface area contributed by atoms with Gasteiger partial charge in [-0.25, -0.2) is 0 Å². The quantitative estimate of drug-likeness (QED) is 0.928. The zero-order valence-electron chi connectivity index (χ0n) is 12.8. The number of hydrogen-bond donors (Lipinski definition) is 1. The maximum atomic E-state index is 12.8. The highest BCUT2D eigenvalue weighted by Crippen LogP contribution is 2.33. The average molecular weight is 304 g/mol. The van der Waals surface area contributed by atoms with Gasteiger partial charge < -0.3 is 4.90 Å². The van der Waals surface area contributed by atoms with E-state index in [2.05, 4.69) is 36.2 Å². The molecule has 3 nitrogen and oxygen atoms in total. The third-order valence-corrected chi connectivity index (χ3v) is 5.79. The van der Waals surface area contributed by atoms with Gasteiger partial charge in [-0.3, -0.25) is 10.1 Å². The molecule has 1 aromatic carbocycles. The molecular formula is C17H24N2OS. The first-order valence-corrected chi connectivity index (χ1v) is 8.95. The minimum atomic E-state index is -0.0541. The lowest BCUT2D eigenvalue weighted by atomic mass is 10.0. The van der Waals surface area contributed by atoms with Crippen LogP contribution in [-0.2, 0) is 4.79 Å². The predicted molar refractivity (Wildman–Crippen MR) is 88.1 cm³/mol. The fourth-order valence-electron chi connectivity index (χ4n) is 3.23. The molecular weight excluding hydrogens is 280 g/mol. The molecule has 3 atom stereocenters. The third kappa shape index (κ3) is 3.11. The van der Waals surface area contributed by atoms with E-state index in [4.69, 9.17) is 0 Å². The van der Waals surface area contributed by atoms with Crippen LogP contribution >= 0.6 is 11.8 Å². The Morgan fingerprint density at radius 1 is 1.33 bits per heavy atom. The van der Waals surface area contributed by atoms with Crippen molar-refractivity contribution < 1.29 is 4.79 Å². The first-order valence-electron chi connectivity index (χ1n) is 7.90. The third-order valence-electron chi connectivity index (χ3n) is 4.40. The number of rotatable bonds is 4. The molecule has 0 radical (unpaired) electrons. The van der Waals surface area contributed by atoms with Gasteiger partial charge in [0.25, 0.3) is 0 Å². The molecule has 2 aliphatic heterocycles. The largest absolute Gasteiger partial charge is 0.320 e. The number of benzene rings is 1. The SMILES string of the molecule is CC(C)C1NC(c2ccccc2)N(CC2CCCS2)C1=O. The standard InChI is InChI=1S/C17H24N2OS/c1-12(2)15-17(20)19(11-14-9-6-10-21-14)16(18-15)13-7-4-3-5-8-13/h3-5,7-8,12,14-16,18H,6,9-11H2,1-2H3. The molecule has 0 aliphatic carbocycles. The highest BCUT2D eigenvalue weighted by atomic mass is 32.2. The summed E-state index contributed by atoms with van der Waals surface area (Å²) in [5.74, 6) is 1.83. The van der Waals surface area contributed by atoms with Crippen molar-refractivity contribution in [2.75, 3.05) is 12.3 Å². The van der Waals surface area contributed by atoms with E-state index in [1.165, 1.54) is 24.2 Å². The van der Waals surface area contributed by atoms with Crippen LogP contribution in [-0.4, -0.2) is 34.4 Å². The summed E-state index contributed by atoms with van der Waals surface area (Å²) in [4.78, 5) is 14.8. The second-order valence-electron chi connectivity index (χ2n) is 6.33. The molecule has 3 unspecified atom stereocenters. The molecule has 2 saturated heterocycles. The predicted octanol–water partition coefficient (Wildman–Crippen LogP) is 3.04. The van der Waals surface area contributed by atoms with Gasteiger partial charge in [-0.05, 0) is 30.1 Å². The second-order valence-corrected chi connectivity index (χ2v) is 7.74. The molecule has 2 heterocycles. The summed E-state index contributed by atoms with van der Waals surface area (Å²) < 4.78 is 0. The van der Waals surface area contributed by atoms with E-state index in [1.54, 1.807) is 0 Å². The van der Waals surface area contributed by atoms with Crippen molar-refractivity contribution in [1.82, 2.24) is 10.2 Å². The second kappa shape index (κ2) is 6.41. The number of hydrogen-bond acceptors (Lipinski definition) is 3. The van der Waals surface area contributed by atoms with Gasteiger partial charge in [0.15, 0.2) is 0 Å². The van der Waals surface area contributed by atoms with E-state index in [0.717, 1.165) is 6.54 Å². The van der Waals surface area contributed by atoms with Crippen molar-refractivity contribution in [2.24, 2.45) is 5.92 Å². The Hall–Kier alpha value is -1.00. The highest BCUT2D eigenvalue weighted by molar-refractivity contribution is 8.00. The van der Waals surface area contributed by atoms with Crippen LogP contribution in [0.5, 0.6) is 0 Å². The molecule has 0 spiro atoms. The summed E-state index contributed by atoms with van der Waals surface area (Å²) in [5, 5.41) is 4.15. The number of amides is 1. The Balaban J connectivity index is 1.82. The molecule has 3 rings (SSSR count). The zero-order chi connectivity index (χ0) is 14.8. The van der Waals surface area contributed by atoms with Crippen LogP contribution in [0.25, 0.3) is 0 Å². The molecule has 0 aromatic heterocycles. The summed E-state index contributed by atoms with van der Waals surface area (Å²) in [6.07, 6.45) is 2.56. The van der Waals surface area contributed by atoms with E-state index in [0.29, 0.717) is 11.2 Å². The van der Waals surface area contributed by atoms with E-state index in [-0.39, 0.29) is 18.1 Å². The number of nitrogens with zero attached hydrogens (tertiary/aromatic N) is 1. The van der Waals surface area contributed by atoms with Gasteiger partial charge in [0.1, 0.15) is 6.17 Å². The van der Waals surface area contributed by atoms with Crippen LogP contribution in [0.1, 0.15) is 38.4 Å². The van der Waals surface area contributed by atoms with E-state index in [9.17, 15) is 4.79 Å². The maximum Gasteiger partial charge on any atom is 0.241 e. The lowest BCUT2D eigenvalue weighted by Gasteiger charge is -2.27.